The molecule has 5 N–H and O–H groups in total. The van der Waals surface area contributed by atoms with E-state index in [1.54, 1.807) is 30.3 Å². The lowest BCUT2D eigenvalue weighted by atomic mass is 10.00. The van der Waals surface area contributed by atoms with Crippen LogP contribution in [-0.2, 0) is 11.2 Å². The number of fused-ring (bicyclic) bond motifs is 1. The van der Waals surface area contributed by atoms with E-state index in [4.69, 9.17) is 13.9 Å². The summed E-state index contributed by atoms with van der Waals surface area (Å²) in [5.74, 6) is -1.13. The smallest absolute Gasteiger partial charge is 0.239 e. The fourth-order valence-electron chi connectivity index (χ4n) is 3.99. The SMILES string of the molecule is CC(C)=CCc1c(O)cc(O)c2c(=O)c(O[C@@H]3O[C@H](C)[C@@H](O)[C@H](O)[C@@H]3O)c(-c3ccccc3)oc12. The Kier molecular flexibility index (Phi) is 6.86. The van der Waals surface area contributed by atoms with Gasteiger partial charge in [-0.25, -0.2) is 0 Å². The van der Waals surface area contributed by atoms with Crippen molar-refractivity contribution in [2.75, 3.05) is 0 Å². The van der Waals surface area contributed by atoms with Crippen LogP contribution in [0, 0.1) is 0 Å². The molecule has 0 radical (unpaired) electrons. The Labute approximate surface area is 201 Å². The molecule has 1 saturated heterocycles. The minimum Gasteiger partial charge on any atom is -0.507 e. The first kappa shape index (κ1) is 24.7. The number of hydrogen-bond donors (Lipinski definition) is 5. The summed E-state index contributed by atoms with van der Waals surface area (Å²) >= 11 is 0. The van der Waals surface area contributed by atoms with Gasteiger partial charge in [0.1, 0.15) is 40.8 Å². The zero-order valence-electron chi connectivity index (χ0n) is 19.5. The molecule has 1 aliphatic heterocycles. The van der Waals surface area contributed by atoms with Crippen molar-refractivity contribution < 1.29 is 39.4 Å². The van der Waals surface area contributed by atoms with Crippen LogP contribution in [-0.4, -0.2) is 56.2 Å². The molecule has 0 unspecified atom stereocenters. The number of aliphatic hydroxyl groups is 3. The normalized spacial score (nSPS) is 24.3. The van der Waals surface area contributed by atoms with Gasteiger partial charge in [-0.05, 0) is 27.2 Å². The minimum absolute atomic E-state index is 0.00913. The summed E-state index contributed by atoms with van der Waals surface area (Å²) in [4.78, 5) is 13.7. The van der Waals surface area contributed by atoms with Gasteiger partial charge in [-0.15, -0.1) is 0 Å². The molecule has 4 rings (SSSR count). The molecule has 0 bridgehead atoms. The molecule has 3 aromatic rings. The highest BCUT2D eigenvalue weighted by atomic mass is 16.7. The standard InChI is InChI=1S/C26H28O9/c1-12(2)9-10-15-16(27)11-17(28)18-20(30)25(23(34-24(15)18)14-7-5-4-6-8-14)35-26-22(32)21(31)19(29)13(3)33-26/h4-9,11,13,19,21-22,26-29,31-32H,10H2,1-3H3/t13-,19-,21+,22+,26+/m1/s1. The summed E-state index contributed by atoms with van der Waals surface area (Å²) in [7, 11) is 0. The number of rotatable bonds is 5. The van der Waals surface area contributed by atoms with Crippen LogP contribution < -0.4 is 10.2 Å². The van der Waals surface area contributed by atoms with Crippen molar-refractivity contribution in [1.82, 2.24) is 0 Å². The quantitative estimate of drug-likeness (QED) is 0.344. The van der Waals surface area contributed by atoms with E-state index in [2.05, 4.69) is 0 Å². The van der Waals surface area contributed by atoms with Gasteiger partial charge in [0.2, 0.25) is 17.5 Å². The number of allylic oxidation sites excluding steroid dienone is 2. The molecular weight excluding hydrogens is 456 g/mol. The number of benzene rings is 2. The van der Waals surface area contributed by atoms with Gasteiger partial charge < -0.3 is 39.4 Å². The van der Waals surface area contributed by atoms with Crippen LogP contribution in [0.2, 0.25) is 0 Å². The summed E-state index contributed by atoms with van der Waals surface area (Å²) in [5, 5.41) is 51.4. The zero-order valence-corrected chi connectivity index (χ0v) is 19.5. The Morgan fingerprint density at radius 3 is 2.37 bits per heavy atom. The Morgan fingerprint density at radius 1 is 1.03 bits per heavy atom. The van der Waals surface area contributed by atoms with Crippen LogP contribution in [0.4, 0.5) is 0 Å². The minimum atomic E-state index is -1.67. The van der Waals surface area contributed by atoms with Crippen LogP contribution in [0.15, 0.2) is 57.3 Å². The predicted octanol–water partition coefficient (Wildman–Crippen LogP) is 2.59. The van der Waals surface area contributed by atoms with Crippen LogP contribution >= 0.6 is 0 Å². The molecule has 0 amide bonds. The summed E-state index contributed by atoms with van der Waals surface area (Å²) < 4.78 is 17.4. The second-order valence-corrected chi connectivity index (χ2v) is 8.84. The number of aliphatic hydroxyl groups excluding tert-OH is 3. The van der Waals surface area contributed by atoms with Crippen LogP contribution in [0.3, 0.4) is 0 Å². The maximum atomic E-state index is 13.7. The molecule has 0 spiro atoms. The zero-order chi connectivity index (χ0) is 25.4. The first-order chi connectivity index (χ1) is 16.6. The lowest BCUT2D eigenvalue weighted by molar-refractivity contribution is -0.268. The summed E-state index contributed by atoms with van der Waals surface area (Å²) in [6, 6.07) is 9.63. The third-order valence-corrected chi connectivity index (χ3v) is 5.98. The van der Waals surface area contributed by atoms with Gasteiger partial charge in [0, 0.05) is 17.2 Å². The number of aromatic hydroxyl groups is 2. The molecule has 2 heterocycles. The first-order valence-electron chi connectivity index (χ1n) is 11.2. The van der Waals surface area contributed by atoms with Gasteiger partial charge in [0.15, 0.2) is 5.76 Å². The van der Waals surface area contributed by atoms with E-state index in [9.17, 15) is 30.3 Å². The van der Waals surface area contributed by atoms with Gasteiger partial charge >= 0.3 is 0 Å². The third kappa shape index (κ3) is 4.63. The Bertz CT molecular complexity index is 1310. The Morgan fingerprint density at radius 2 is 1.71 bits per heavy atom. The second kappa shape index (κ2) is 9.71. The average molecular weight is 485 g/mol. The molecule has 0 saturated carbocycles. The summed E-state index contributed by atoms with van der Waals surface area (Å²) in [6.07, 6.45) is -4.90. The van der Waals surface area contributed by atoms with Crippen LogP contribution in [0.25, 0.3) is 22.3 Å². The number of hydrogen-bond acceptors (Lipinski definition) is 9. The van der Waals surface area contributed by atoms with E-state index in [1.165, 1.54) is 6.92 Å². The molecule has 186 valence electrons. The third-order valence-electron chi connectivity index (χ3n) is 5.98. The van der Waals surface area contributed by atoms with E-state index < -0.39 is 41.9 Å². The van der Waals surface area contributed by atoms with E-state index in [1.807, 2.05) is 19.9 Å². The molecular formula is C26H28O9. The van der Waals surface area contributed by atoms with Gasteiger partial charge in [-0.2, -0.15) is 0 Å². The first-order valence-corrected chi connectivity index (χ1v) is 11.2. The molecule has 1 aliphatic rings. The van der Waals surface area contributed by atoms with Crippen molar-refractivity contribution in [3.05, 3.63) is 63.8 Å². The molecule has 35 heavy (non-hydrogen) atoms. The van der Waals surface area contributed by atoms with E-state index in [0.29, 0.717) is 11.1 Å². The molecule has 1 aromatic heterocycles. The maximum Gasteiger partial charge on any atom is 0.239 e. The van der Waals surface area contributed by atoms with Crippen molar-refractivity contribution in [3.63, 3.8) is 0 Å². The lowest BCUT2D eigenvalue weighted by Crippen LogP contribution is -2.58. The van der Waals surface area contributed by atoms with Crippen LogP contribution in [0.5, 0.6) is 17.2 Å². The molecule has 1 fully saturated rings. The molecule has 9 nitrogen and oxygen atoms in total. The highest BCUT2D eigenvalue weighted by molar-refractivity contribution is 5.91. The fourth-order valence-corrected chi connectivity index (χ4v) is 3.99. The van der Waals surface area contributed by atoms with Gasteiger partial charge in [0.05, 0.1) is 6.10 Å². The Balaban J connectivity index is 1.96. The highest BCUT2D eigenvalue weighted by Gasteiger charge is 2.44. The van der Waals surface area contributed by atoms with E-state index in [0.717, 1.165) is 11.6 Å². The highest BCUT2D eigenvalue weighted by Crippen LogP contribution is 2.39. The lowest BCUT2D eigenvalue weighted by Gasteiger charge is -2.38. The predicted molar refractivity (Wildman–Crippen MR) is 127 cm³/mol. The average Bonchev–Trinajstić information content (AvgIpc) is 2.82. The fraction of sp³-hybridized carbons (Fsp3) is 0.346. The number of phenolic OH excluding ortho intramolecular Hbond substituents is 2. The largest absolute Gasteiger partial charge is 0.507 e. The van der Waals surface area contributed by atoms with E-state index in [-0.39, 0.29) is 34.6 Å². The van der Waals surface area contributed by atoms with Gasteiger partial charge in [-0.3, -0.25) is 4.79 Å². The van der Waals surface area contributed by atoms with E-state index >= 15 is 0 Å². The molecule has 9 heteroatoms. The van der Waals surface area contributed by atoms with Crippen molar-refractivity contribution in [2.24, 2.45) is 0 Å². The summed E-state index contributed by atoms with van der Waals surface area (Å²) in [5.41, 5.74) is 0.974. The monoisotopic (exact) mass is 484 g/mol. The number of phenols is 2. The second-order valence-electron chi connectivity index (χ2n) is 8.84. The molecule has 5 atom stereocenters. The Hall–Kier alpha value is -3.37. The molecule has 0 aliphatic carbocycles. The van der Waals surface area contributed by atoms with Gasteiger partial charge in [-0.1, -0.05) is 42.0 Å². The molecule has 2 aromatic carbocycles. The van der Waals surface area contributed by atoms with Crippen molar-refractivity contribution in [3.8, 4) is 28.6 Å². The number of ether oxygens (including phenoxy) is 2. The summed E-state index contributed by atoms with van der Waals surface area (Å²) in [6.45, 7) is 5.26. The topological polar surface area (TPSA) is 150 Å². The van der Waals surface area contributed by atoms with Crippen molar-refractivity contribution >= 4 is 11.0 Å². The van der Waals surface area contributed by atoms with Crippen molar-refractivity contribution in [2.45, 2.75) is 57.9 Å². The maximum absolute atomic E-state index is 13.7. The van der Waals surface area contributed by atoms with Crippen LogP contribution in [0.1, 0.15) is 26.3 Å². The van der Waals surface area contributed by atoms with Gasteiger partial charge in [0.25, 0.3) is 0 Å². The van der Waals surface area contributed by atoms with Crippen molar-refractivity contribution in [1.29, 1.82) is 0 Å².